The van der Waals surface area contributed by atoms with E-state index in [1.807, 2.05) is 44.0 Å². The quantitative estimate of drug-likeness (QED) is 0.826. The van der Waals surface area contributed by atoms with Gasteiger partial charge in [0.2, 0.25) is 12.7 Å². The van der Waals surface area contributed by atoms with Crippen molar-refractivity contribution in [3.8, 4) is 11.5 Å². The molecule has 23 heavy (non-hydrogen) atoms. The summed E-state index contributed by atoms with van der Waals surface area (Å²) in [5.74, 6) is 1.45. The molecule has 0 unspecified atom stereocenters. The third kappa shape index (κ3) is 5.45. The van der Waals surface area contributed by atoms with Crippen molar-refractivity contribution in [3.05, 3.63) is 23.8 Å². The Labute approximate surface area is 135 Å². The number of urea groups is 1. The minimum atomic E-state index is -0.458. The molecule has 0 fully saturated rings. The van der Waals surface area contributed by atoms with Crippen LogP contribution in [0.25, 0.3) is 0 Å². The number of hydrogen-bond donors (Lipinski definition) is 2. The Bertz CT molecular complexity index is 574. The number of benzene rings is 1. The summed E-state index contributed by atoms with van der Waals surface area (Å²) >= 11 is 0. The molecule has 7 nitrogen and oxygen atoms in total. The van der Waals surface area contributed by atoms with Gasteiger partial charge in [0.15, 0.2) is 11.5 Å². The number of fused-ring (bicyclic) bond motifs is 1. The topological polar surface area (TPSA) is 79.9 Å². The number of imide groups is 1. The third-order valence-electron chi connectivity index (χ3n) is 3.23. The van der Waals surface area contributed by atoms with Crippen molar-refractivity contribution in [2.24, 2.45) is 5.92 Å². The van der Waals surface area contributed by atoms with Crippen molar-refractivity contribution in [1.29, 1.82) is 0 Å². The van der Waals surface area contributed by atoms with Gasteiger partial charge in [-0.05, 0) is 30.7 Å². The fourth-order valence-corrected chi connectivity index (χ4v) is 2.16. The summed E-state index contributed by atoms with van der Waals surface area (Å²) < 4.78 is 10.6. The van der Waals surface area contributed by atoms with Gasteiger partial charge in [-0.3, -0.25) is 15.0 Å². The molecule has 0 aromatic heterocycles. The van der Waals surface area contributed by atoms with Gasteiger partial charge in [0.05, 0.1) is 6.54 Å². The molecule has 2 N–H and O–H groups in total. The van der Waals surface area contributed by atoms with Crippen LogP contribution in [0, 0.1) is 5.92 Å². The van der Waals surface area contributed by atoms with Crippen molar-refractivity contribution in [2.75, 3.05) is 26.9 Å². The number of ether oxygens (including phenoxy) is 2. The number of hydrogen-bond acceptors (Lipinski definition) is 5. The highest BCUT2D eigenvalue weighted by molar-refractivity contribution is 5.95. The second kappa shape index (κ2) is 7.82. The van der Waals surface area contributed by atoms with Crippen LogP contribution in [-0.4, -0.2) is 43.8 Å². The molecule has 0 atom stereocenters. The van der Waals surface area contributed by atoms with E-state index in [0.717, 1.165) is 11.3 Å². The fraction of sp³-hybridized carbons (Fsp3) is 0.500. The van der Waals surface area contributed by atoms with Gasteiger partial charge in [0.1, 0.15) is 0 Å². The number of amides is 3. The normalized spacial score (nSPS) is 12.6. The minimum absolute atomic E-state index is 0.129. The van der Waals surface area contributed by atoms with Crippen molar-refractivity contribution in [2.45, 2.75) is 20.4 Å². The molecule has 126 valence electrons. The molecule has 0 saturated heterocycles. The maximum Gasteiger partial charge on any atom is 0.321 e. The highest BCUT2D eigenvalue weighted by Crippen LogP contribution is 2.32. The van der Waals surface area contributed by atoms with E-state index in [4.69, 9.17) is 9.47 Å². The van der Waals surface area contributed by atoms with Gasteiger partial charge in [-0.2, -0.15) is 0 Å². The Hall–Kier alpha value is -2.28. The number of nitrogens with zero attached hydrogens (tertiary/aromatic N) is 1. The van der Waals surface area contributed by atoms with Gasteiger partial charge in [-0.15, -0.1) is 0 Å². The summed E-state index contributed by atoms with van der Waals surface area (Å²) in [4.78, 5) is 25.2. The molecule has 0 saturated carbocycles. The lowest BCUT2D eigenvalue weighted by Gasteiger charge is -2.16. The summed E-state index contributed by atoms with van der Waals surface area (Å²) in [5, 5.41) is 4.96. The summed E-state index contributed by atoms with van der Waals surface area (Å²) in [6, 6.07) is 5.22. The smallest absolute Gasteiger partial charge is 0.321 e. The number of nitrogens with one attached hydrogen (secondary N) is 2. The number of rotatable bonds is 6. The molecule has 0 radical (unpaired) electrons. The Balaban J connectivity index is 1.76. The molecule has 0 aliphatic carbocycles. The van der Waals surface area contributed by atoms with Crippen LogP contribution in [0.15, 0.2) is 18.2 Å². The maximum atomic E-state index is 11.8. The minimum Gasteiger partial charge on any atom is -0.454 e. The zero-order valence-electron chi connectivity index (χ0n) is 13.7. The molecule has 0 bridgehead atoms. The van der Waals surface area contributed by atoms with E-state index in [-0.39, 0.29) is 19.2 Å². The zero-order chi connectivity index (χ0) is 16.8. The van der Waals surface area contributed by atoms with E-state index in [1.165, 1.54) is 0 Å². The van der Waals surface area contributed by atoms with Crippen LogP contribution in [0.5, 0.6) is 11.5 Å². The number of carbonyl (C=O) groups excluding carboxylic acids is 2. The van der Waals surface area contributed by atoms with Gasteiger partial charge in [-0.1, -0.05) is 19.9 Å². The summed E-state index contributed by atoms with van der Waals surface area (Å²) in [7, 11) is 1.82. The molecular formula is C16H23N3O4. The molecule has 1 aliphatic heterocycles. The average Bonchev–Trinajstić information content (AvgIpc) is 2.92. The molecule has 1 heterocycles. The van der Waals surface area contributed by atoms with Gasteiger partial charge in [0, 0.05) is 13.1 Å². The Kier molecular flexibility index (Phi) is 5.81. The predicted octanol–water partition coefficient (Wildman–Crippen LogP) is 1.33. The van der Waals surface area contributed by atoms with Crippen molar-refractivity contribution >= 4 is 11.9 Å². The van der Waals surface area contributed by atoms with E-state index in [0.29, 0.717) is 24.8 Å². The third-order valence-corrected chi connectivity index (χ3v) is 3.23. The van der Waals surface area contributed by atoms with E-state index in [1.54, 1.807) is 0 Å². The van der Waals surface area contributed by atoms with Crippen LogP contribution in [0.1, 0.15) is 19.4 Å². The van der Waals surface area contributed by atoms with E-state index < -0.39 is 6.03 Å². The molecular weight excluding hydrogens is 298 g/mol. The van der Waals surface area contributed by atoms with Crippen LogP contribution >= 0.6 is 0 Å². The van der Waals surface area contributed by atoms with Crippen molar-refractivity contribution in [1.82, 2.24) is 15.5 Å². The van der Waals surface area contributed by atoms with Crippen LogP contribution in [0.4, 0.5) is 4.79 Å². The second-order valence-corrected chi connectivity index (χ2v) is 6.01. The maximum absolute atomic E-state index is 11.8. The summed E-state index contributed by atoms with van der Waals surface area (Å²) in [6.07, 6.45) is 0. The van der Waals surface area contributed by atoms with Crippen LogP contribution < -0.4 is 20.1 Å². The molecule has 1 aromatic rings. The first-order chi connectivity index (χ1) is 10.9. The molecule has 2 rings (SSSR count). The largest absolute Gasteiger partial charge is 0.454 e. The summed E-state index contributed by atoms with van der Waals surface area (Å²) in [6.45, 7) is 5.44. The number of carbonyl (C=O) groups is 2. The van der Waals surface area contributed by atoms with E-state index in [9.17, 15) is 9.59 Å². The first kappa shape index (κ1) is 17.1. The molecule has 1 aliphatic rings. The van der Waals surface area contributed by atoms with E-state index >= 15 is 0 Å². The Morgan fingerprint density at radius 3 is 2.74 bits per heavy atom. The van der Waals surface area contributed by atoms with Crippen LogP contribution in [0.2, 0.25) is 0 Å². The summed E-state index contributed by atoms with van der Waals surface area (Å²) in [5.41, 5.74) is 1.01. The second-order valence-electron chi connectivity index (χ2n) is 6.01. The lowest BCUT2D eigenvalue weighted by atomic mass is 10.2. The molecule has 1 aromatic carbocycles. The van der Waals surface area contributed by atoms with Crippen molar-refractivity contribution < 1.29 is 19.1 Å². The van der Waals surface area contributed by atoms with Crippen LogP contribution in [-0.2, 0) is 11.3 Å². The Morgan fingerprint density at radius 2 is 2.00 bits per heavy atom. The predicted molar refractivity (Wildman–Crippen MR) is 85.3 cm³/mol. The van der Waals surface area contributed by atoms with Gasteiger partial charge in [-0.25, -0.2) is 4.79 Å². The first-order valence-corrected chi connectivity index (χ1v) is 7.59. The average molecular weight is 321 g/mol. The Morgan fingerprint density at radius 1 is 1.26 bits per heavy atom. The number of likely N-dealkylation sites (N-methyl/N-ethyl adjacent to an activating group) is 1. The zero-order valence-corrected chi connectivity index (χ0v) is 13.7. The SMILES string of the molecule is CC(C)CNC(=O)NC(=O)CN(C)Cc1ccc2c(c1)OCO2. The van der Waals surface area contributed by atoms with Crippen LogP contribution in [0.3, 0.4) is 0 Å². The fourth-order valence-electron chi connectivity index (χ4n) is 2.16. The lowest BCUT2D eigenvalue weighted by Crippen LogP contribution is -2.44. The lowest BCUT2D eigenvalue weighted by molar-refractivity contribution is -0.120. The molecule has 7 heteroatoms. The van der Waals surface area contributed by atoms with E-state index in [2.05, 4.69) is 10.6 Å². The first-order valence-electron chi connectivity index (χ1n) is 7.59. The molecule has 3 amide bonds. The molecule has 0 spiro atoms. The highest BCUT2D eigenvalue weighted by Gasteiger charge is 2.15. The van der Waals surface area contributed by atoms with Crippen molar-refractivity contribution in [3.63, 3.8) is 0 Å². The monoisotopic (exact) mass is 321 g/mol. The highest BCUT2D eigenvalue weighted by atomic mass is 16.7. The standard InChI is InChI=1S/C16H23N3O4/c1-11(2)7-17-16(21)18-15(20)9-19(3)8-12-4-5-13-14(6-12)23-10-22-13/h4-6,11H,7-10H2,1-3H3,(H2,17,18,20,21). The van der Waals surface area contributed by atoms with Gasteiger partial charge >= 0.3 is 6.03 Å². The van der Waals surface area contributed by atoms with Gasteiger partial charge in [0.25, 0.3) is 0 Å². The van der Waals surface area contributed by atoms with Gasteiger partial charge < -0.3 is 14.8 Å².